The molecule has 1 aromatic rings. The molecule has 0 aliphatic rings. The zero-order valence-corrected chi connectivity index (χ0v) is 8.35. The summed E-state index contributed by atoms with van der Waals surface area (Å²) < 4.78 is 0. The second-order valence-corrected chi connectivity index (χ2v) is 3.40. The molecule has 2 nitrogen and oxygen atoms in total. The van der Waals surface area contributed by atoms with E-state index in [2.05, 4.69) is 11.4 Å². The molecule has 0 bridgehead atoms. The first-order chi connectivity index (χ1) is 6.11. The molecule has 1 radical (unpaired) electrons. The number of hydrogen-bond donors (Lipinski definition) is 1. The van der Waals surface area contributed by atoms with Gasteiger partial charge in [0.05, 0.1) is 10.6 Å². The van der Waals surface area contributed by atoms with Crippen molar-refractivity contribution in [3.05, 3.63) is 34.9 Å². The summed E-state index contributed by atoms with van der Waals surface area (Å²) in [6.45, 7) is 3.80. The normalized spacial score (nSPS) is 10.2. The first-order valence-electron chi connectivity index (χ1n) is 4.08. The number of nitrogens with one attached hydrogen (secondary N) is 1. The van der Waals surface area contributed by atoms with E-state index in [1.807, 2.05) is 13.8 Å². The SMILES string of the molecule is CC(C)NC(=O)c1ccc[c]c1Cl. The van der Waals surface area contributed by atoms with Gasteiger partial charge in [0, 0.05) is 12.1 Å². The zero-order chi connectivity index (χ0) is 9.84. The van der Waals surface area contributed by atoms with Crippen molar-refractivity contribution >= 4 is 17.5 Å². The Bertz CT molecular complexity index is 310. The van der Waals surface area contributed by atoms with E-state index in [9.17, 15) is 4.79 Å². The fraction of sp³-hybridized carbons (Fsp3) is 0.300. The molecule has 0 fully saturated rings. The molecular weight excluding hydrogens is 186 g/mol. The Kier molecular flexibility index (Phi) is 3.32. The molecule has 0 aliphatic heterocycles. The number of hydrogen-bond acceptors (Lipinski definition) is 1. The summed E-state index contributed by atoms with van der Waals surface area (Å²) >= 11 is 5.79. The number of carbonyl (C=O) groups excluding carboxylic acids is 1. The molecule has 0 saturated carbocycles. The van der Waals surface area contributed by atoms with Crippen molar-refractivity contribution in [3.8, 4) is 0 Å². The molecule has 0 heterocycles. The fourth-order valence-electron chi connectivity index (χ4n) is 0.932. The van der Waals surface area contributed by atoms with Crippen LogP contribution in [-0.2, 0) is 0 Å². The molecule has 0 unspecified atom stereocenters. The summed E-state index contributed by atoms with van der Waals surface area (Å²) in [5.74, 6) is -0.156. The third kappa shape index (κ3) is 2.74. The van der Waals surface area contributed by atoms with Gasteiger partial charge in [0.2, 0.25) is 0 Å². The Hall–Kier alpha value is -1.02. The first kappa shape index (κ1) is 10.1. The van der Waals surface area contributed by atoms with Gasteiger partial charge >= 0.3 is 0 Å². The Morgan fingerprint density at radius 3 is 2.85 bits per heavy atom. The van der Waals surface area contributed by atoms with E-state index in [0.717, 1.165) is 0 Å². The molecule has 0 saturated heterocycles. The van der Waals surface area contributed by atoms with Gasteiger partial charge in [-0.05, 0) is 19.9 Å². The highest BCUT2D eigenvalue weighted by Gasteiger charge is 2.09. The van der Waals surface area contributed by atoms with Crippen molar-refractivity contribution in [1.29, 1.82) is 0 Å². The van der Waals surface area contributed by atoms with Crippen LogP contribution >= 0.6 is 11.6 Å². The van der Waals surface area contributed by atoms with Crippen LogP contribution in [0.5, 0.6) is 0 Å². The van der Waals surface area contributed by atoms with Gasteiger partial charge < -0.3 is 5.32 Å². The van der Waals surface area contributed by atoms with Gasteiger partial charge in [-0.1, -0.05) is 23.7 Å². The van der Waals surface area contributed by atoms with Crippen LogP contribution in [0.2, 0.25) is 5.02 Å². The quantitative estimate of drug-likeness (QED) is 0.773. The minimum absolute atomic E-state index is 0.115. The van der Waals surface area contributed by atoms with Crippen molar-refractivity contribution in [1.82, 2.24) is 5.32 Å². The molecule has 1 N–H and O–H groups in total. The average Bonchev–Trinajstić information content (AvgIpc) is 2.03. The van der Waals surface area contributed by atoms with Gasteiger partial charge in [0.1, 0.15) is 0 Å². The maximum absolute atomic E-state index is 11.5. The largest absolute Gasteiger partial charge is 0.350 e. The van der Waals surface area contributed by atoms with Gasteiger partial charge in [-0.25, -0.2) is 0 Å². The molecule has 13 heavy (non-hydrogen) atoms. The molecule has 69 valence electrons. The Morgan fingerprint density at radius 1 is 1.62 bits per heavy atom. The van der Waals surface area contributed by atoms with E-state index in [0.29, 0.717) is 10.6 Å². The van der Waals surface area contributed by atoms with E-state index >= 15 is 0 Å². The van der Waals surface area contributed by atoms with E-state index in [1.165, 1.54) is 0 Å². The van der Waals surface area contributed by atoms with Gasteiger partial charge in [-0.3, -0.25) is 4.79 Å². The topological polar surface area (TPSA) is 29.1 Å². The molecular formula is C10H11ClNO. The maximum Gasteiger partial charge on any atom is 0.253 e. The number of rotatable bonds is 2. The highest BCUT2D eigenvalue weighted by atomic mass is 35.5. The lowest BCUT2D eigenvalue weighted by atomic mass is 10.2. The molecule has 1 rings (SSSR count). The van der Waals surface area contributed by atoms with E-state index in [1.54, 1.807) is 18.2 Å². The van der Waals surface area contributed by atoms with Crippen molar-refractivity contribution in [2.24, 2.45) is 0 Å². The third-order valence-electron chi connectivity index (χ3n) is 1.47. The second kappa shape index (κ2) is 4.28. The molecule has 0 atom stereocenters. The summed E-state index contributed by atoms with van der Waals surface area (Å²) in [4.78, 5) is 11.5. The molecule has 0 aliphatic carbocycles. The van der Waals surface area contributed by atoms with Crippen LogP contribution in [0.3, 0.4) is 0 Å². The van der Waals surface area contributed by atoms with Gasteiger partial charge in [0.15, 0.2) is 0 Å². The Labute approximate surface area is 82.9 Å². The Balaban J connectivity index is 2.83. The lowest BCUT2D eigenvalue weighted by molar-refractivity contribution is 0.0943. The van der Waals surface area contributed by atoms with E-state index in [-0.39, 0.29) is 11.9 Å². The summed E-state index contributed by atoms with van der Waals surface area (Å²) in [5, 5.41) is 3.12. The van der Waals surface area contributed by atoms with Crippen LogP contribution in [0.1, 0.15) is 24.2 Å². The highest BCUT2D eigenvalue weighted by molar-refractivity contribution is 6.33. The monoisotopic (exact) mass is 196 g/mol. The van der Waals surface area contributed by atoms with Crippen LogP contribution in [0.15, 0.2) is 18.2 Å². The highest BCUT2D eigenvalue weighted by Crippen LogP contribution is 2.13. The van der Waals surface area contributed by atoms with Crippen molar-refractivity contribution < 1.29 is 4.79 Å². The summed E-state index contributed by atoms with van der Waals surface area (Å²) in [5.41, 5.74) is 0.470. The van der Waals surface area contributed by atoms with Crippen LogP contribution in [0.25, 0.3) is 0 Å². The van der Waals surface area contributed by atoms with E-state index < -0.39 is 0 Å². The zero-order valence-electron chi connectivity index (χ0n) is 7.60. The molecule has 1 aromatic carbocycles. The van der Waals surface area contributed by atoms with Crippen molar-refractivity contribution in [2.45, 2.75) is 19.9 Å². The standard InChI is InChI=1S/C10H11ClNO/c1-7(2)12-10(13)8-5-3-4-6-9(8)11/h3-5,7H,1-2H3,(H,12,13). The summed E-state index contributed by atoms with van der Waals surface area (Å²) in [7, 11) is 0. The Morgan fingerprint density at radius 2 is 2.31 bits per heavy atom. The van der Waals surface area contributed by atoms with Gasteiger partial charge in [-0.15, -0.1) is 0 Å². The fourth-order valence-corrected chi connectivity index (χ4v) is 1.14. The molecule has 0 aromatic heterocycles. The van der Waals surface area contributed by atoms with Gasteiger partial charge in [0.25, 0.3) is 5.91 Å². The van der Waals surface area contributed by atoms with Crippen LogP contribution in [-0.4, -0.2) is 11.9 Å². The minimum atomic E-state index is -0.156. The minimum Gasteiger partial charge on any atom is -0.350 e. The summed E-state index contributed by atoms with van der Waals surface area (Å²) in [6.07, 6.45) is 0. The maximum atomic E-state index is 11.5. The lowest BCUT2D eigenvalue weighted by Gasteiger charge is -2.08. The number of benzene rings is 1. The van der Waals surface area contributed by atoms with Crippen molar-refractivity contribution in [3.63, 3.8) is 0 Å². The lowest BCUT2D eigenvalue weighted by Crippen LogP contribution is -2.30. The second-order valence-electron chi connectivity index (χ2n) is 3.03. The first-order valence-corrected chi connectivity index (χ1v) is 4.46. The van der Waals surface area contributed by atoms with Crippen LogP contribution < -0.4 is 5.32 Å². The number of carbonyl (C=O) groups is 1. The van der Waals surface area contributed by atoms with Crippen LogP contribution in [0, 0.1) is 6.07 Å². The molecule has 1 amide bonds. The third-order valence-corrected chi connectivity index (χ3v) is 1.78. The molecule has 0 spiro atoms. The molecule has 3 heteroatoms. The predicted molar refractivity (Wildman–Crippen MR) is 52.9 cm³/mol. The van der Waals surface area contributed by atoms with Crippen molar-refractivity contribution in [2.75, 3.05) is 0 Å². The van der Waals surface area contributed by atoms with Crippen LogP contribution in [0.4, 0.5) is 0 Å². The van der Waals surface area contributed by atoms with E-state index in [4.69, 9.17) is 11.6 Å². The average molecular weight is 197 g/mol. The number of halogens is 1. The van der Waals surface area contributed by atoms with Gasteiger partial charge in [-0.2, -0.15) is 0 Å². The predicted octanol–water partition coefficient (Wildman–Crippen LogP) is 2.28. The smallest absolute Gasteiger partial charge is 0.253 e. The number of amides is 1. The summed E-state index contributed by atoms with van der Waals surface area (Å²) in [6, 6.07) is 7.96.